The van der Waals surface area contributed by atoms with E-state index in [1.807, 2.05) is 6.07 Å². The fraction of sp³-hybridized carbons (Fsp3) is 0.133. The predicted molar refractivity (Wildman–Crippen MR) is 73.5 cm³/mol. The molecule has 1 nitrogen and oxygen atoms in total. The molecule has 0 aliphatic carbocycles. The van der Waals surface area contributed by atoms with Gasteiger partial charge in [0.15, 0.2) is 0 Å². The van der Waals surface area contributed by atoms with Crippen LogP contribution < -0.4 is 0 Å². The number of fused-ring (bicyclic) bond motifs is 1. The highest BCUT2D eigenvalue weighted by atomic mass is 32.1. The van der Waals surface area contributed by atoms with Gasteiger partial charge in [-0.05, 0) is 24.1 Å². The van der Waals surface area contributed by atoms with Crippen molar-refractivity contribution in [3.8, 4) is 0 Å². The first kappa shape index (κ1) is 10.5. The topological polar surface area (TPSA) is 12.9 Å². The van der Waals surface area contributed by atoms with Gasteiger partial charge in [0.1, 0.15) is 0 Å². The van der Waals surface area contributed by atoms with Crippen LogP contribution in [0.25, 0.3) is 10.2 Å². The fourth-order valence-corrected chi connectivity index (χ4v) is 2.89. The van der Waals surface area contributed by atoms with Crippen LogP contribution in [0.15, 0.2) is 54.6 Å². The van der Waals surface area contributed by atoms with Gasteiger partial charge >= 0.3 is 0 Å². The van der Waals surface area contributed by atoms with E-state index in [2.05, 4.69) is 53.5 Å². The first-order chi connectivity index (χ1) is 8.42. The molecule has 3 aromatic rings. The van der Waals surface area contributed by atoms with Crippen LogP contribution in [-0.4, -0.2) is 4.98 Å². The van der Waals surface area contributed by atoms with E-state index in [-0.39, 0.29) is 0 Å². The van der Waals surface area contributed by atoms with E-state index >= 15 is 0 Å². The second-order valence-electron chi connectivity index (χ2n) is 4.06. The Balaban J connectivity index is 1.77. The molecule has 0 atom stereocenters. The van der Waals surface area contributed by atoms with Crippen LogP contribution in [0.1, 0.15) is 10.6 Å². The minimum atomic E-state index is 1.03. The van der Waals surface area contributed by atoms with Crippen LogP contribution in [0.3, 0.4) is 0 Å². The minimum absolute atomic E-state index is 1.03. The molecule has 2 aromatic carbocycles. The first-order valence-electron chi connectivity index (χ1n) is 5.80. The van der Waals surface area contributed by atoms with E-state index in [9.17, 15) is 0 Å². The molecule has 2 heteroatoms. The normalized spacial score (nSPS) is 10.8. The number of nitrogens with zero attached hydrogens (tertiary/aromatic N) is 1. The molecule has 0 saturated carbocycles. The van der Waals surface area contributed by atoms with Gasteiger partial charge in [-0.15, -0.1) is 11.3 Å². The van der Waals surface area contributed by atoms with Gasteiger partial charge in [-0.2, -0.15) is 0 Å². The smallest absolute Gasteiger partial charge is 0.0941 e. The zero-order valence-corrected chi connectivity index (χ0v) is 10.3. The summed E-state index contributed by atoms with van der Waals surface area (Å²) in [5.41, 5.74) is 2.51. The van der Waals surface area contributed by atoms with Crippen LogP contribution in [0.5, 0.6) is 0 Å². The van der Waals surface area contributed by atoms with Gasteiger partial charge in [0.25, 0.3) is 0 Å². The zero-order chi connectivity index (χ0) is 11.5. The molecule has 0 N–H and O–H groups in total. The summed E-state index contributed by atoms with van der Waals surface area (Å²) >= 11 is 1.81. The number of para-hydroxylation sites is 1. The Hall–Kier alpha value is -1.67. The average molecular weight is 239 g/mol. The number of aryl methyl sites for hydroxylation is 2. The third kappa shape index (κ3) is 2.37. The fourth-order valence-electron chi connectivity index (χ4n) is 1.92. The van der Waals surface area contributed by atoms with Crippen molar-refractivity contribution in [2.24, 2.45) is 0 Å². The molecule has 84 valence electrons. The highest BCUT2D eigenvalue weighted by Crippen LogP contribution is 2.22. The third-order valence-electron chi connectivity index (χ3n) is 2.81. The van der Waals surface area contributed by atoms with E-state index in [0.29, 0.717) is 0 Å². The lowest BCUT2D eigenvalue weighted by molar-refractivity contribution is 0.949. The van der Waals surface area contributed by atoms with Gasteiger partial charge < -0.3 is 0 Å². The maximum absolute atomic E-state index is 4.65. The summed E-state index contributed by atoms with van der Waals surface area (Å²) in [6, 6.07) is 18.9. The lowest BCUT2D eigenvalue weighted by atomic mass is 10.1. The van der Waals surface area contributed by atoms with Crippen LogP contribution in [0.4, 0.5) is 0 Å². The summed E-state index contributed by atoms with van der Waals surface area (Å²) in [6.07, 6.45) is 2.10. The Kier molecular flexibility index (Phi) is 2.88. The maximum atomic E-state index is 4.65. The van der Waals surface area contributed by atoms with E-state index in [1.165, 1.54) is 15.3 Å². The van der Waals surface area contributed by atoms with Crippen molar-refractivity contribution in [1.29, 1.82) is 0 Å². The number of hydrogen-bond donors (Lipinski definition) is 0. The molecule has 3 rings (SSSR count). The Bertz CT molecular complexity index is 580. The Morgan fingerprint density at radius 3 is 2.41 bits per heavy atom. The van der Waals surface area contributed by atoms with E-state index in [1.54, 1.807) is 11.3 Å². The van der Waals surface area contributed by atoms with Crippen LogP contribution in [-0.2, 0) is 12.8 Å². The monoisotopic (exact) mass is 239 g/mol. The summed E-state index contributed by atoms with van der Waals surface area (Å²) in [5.74, 6) is 0. The van der Waals surface area contributed by atoms with Gasteiger partial charge in [-0.3, -0.25) is 0 Å². The highest BCUT2D eigenvalue weighted by molar-refractivity contribution is 7.18. The van der Waals surface area contributed by atoms with Crippen molar-refractivity contribution in [2.45, 2.75) is 12.8 Å². The predicted octanol–water partition coefficient (Wildman–Crippen LogP) is 4.08. The highest BCUT2D eigenvalue weighted by Gasteiger charge is 2.02. The molecule has 1 aromatic heterocycles. The van der Waals surface area contributed by atoms with Gasteiger partial charge in [0.05, 0.1) is 15.2 Å². The Morgan fingerprint density at radius 1 is 0.824 bits per heavy atom. The molecule has 0 fully saturated rings. The van der Waals surface area contributed by atoms with Crippen molar-refractivity contribution in [3.05, 3.63) is 65.2 Å². The van der Waals surface area contributed by atoms with Crippen LogP contribution in [0, 0.1) is 0 Å². The summed E-state index contributed by atoms with van der Waals surface area (Å²) in [4.78, 5) is 4.65. The molecule has 0 aliphatic heterocycles. The number of aromatic nitrogens is 1. The van der Waals surface area contributed by atoms with E-state index in [0.717, 1.165) is 18.4 Å². The van der Waals surface area contributed by atoms with Crippen molar-refractivity contribution in [1.82, 2.24) is 4.98 Å². The van der Waals surface area contributed by atoms with E-state index < -0.39 is 0 Å². The molecule has 0 spiro atoms. The van der Waals surface area contributed by atoms with Crippen molar-refractivity contribution < 1.29 is 0 Å². The molecule has 17 heavy (non-hydrogen) atoms. The molecule has 0 bridgehead atoms. The maximum Gasteiger partial charge on any atom is 0.0941 e. The Morgan fingerprint density at radius 2 is 1.59 bits per heavy atom. The summed E-state index contributed by atoms with van der Waals surface area (Å²) in [7, 11) is 0. The first-order valence-corrected chi connectivity index (χ1v) is 6.62. The molecule has 0 radical (unpaired) electrons. The van der Waals surface area contributed by atoms with Crippen molar-refractivity contribution >= 4 is 21.6 Å². The van der Waals surface area contributed by atoms with Crippen LogP contribution in [0.2, 0.25) is 0 Å². The molecular formula is C15H13NS. The summed E-state index contributed by atoms with van der Waals surface area (Å²) < 4.78 is 1.29. The number of benzene rings is 2. The SMILES string of the molecule is c1ccc(CCc2nc3ccccc3s2)cc1. The molecule has 1 heterocycles. The largest absolute Gasteiger partial charge is 0.241 e. The zero-order valence-electron chi connectivity index (χ0n) is 9.47. The van der Waals surface area contributed by atoms with Gasteiger partial charge in [0.2, 0.25) is 0 Å². The average Bonchev–Trinajstić information content (AvgIpc) is 2.80. The van der Waals surface area contributed by atoms with Crippen LogP contribution >= 0.6 is 11.3 Å². The molecular weight excluding hydrogens is 226 g/mol. The summed E-state index contributed by atoms with van der Waals surface area (Å²) in [6.45, 7) is 0. The Labute approximate surface area is 105 Å². The number of hydrogen-bond acceptors (Lipinski definition) is 2. The quantitative estimate of drug-likeness (QED) is 0.671. The minimum Gasteiger partial charge on any atom is -0.241 e. The summed E-state index contributed by atoms with van der Waals surface area (Å²) in [5, 5.41) is 1.23. The molecule has 0 saturated heterocycles. The standard InChI is InChI=1S/C15H13NS/c1-2-6-12(7-3-1)10-11-15-16-13-8-4-5-9-14(13)17-15/h1-9H,10-11H2. The van der Waals surface area contributed by atoms with E-state index in [4.69, 9.17) is 0 Å². The lowest BCUT2D eigenvalue weighted by Gasteiger charge is -1.97. The molecule has 0 unspecified atom stereocenters. The second-order valence-corrected chi connectivity index (χ2v) is 5.18. The molecule has 0 aliphatic rings. The van der Waals surface area contributed by atoms with Gasteiger partial charge in [-0.1, -0.05) is 42.5 Å². The third-order valence-corrected chi connectivity index (χ3v) is 3.90. The molecule has 0 amide bonds. The van der Waals surface area contributed by atoms with Gasteiger partial charge in [0, 0.05) is 6.42 Å². The second kappa shape index (κ2) is 4.68. The van der Waals surface area contributed by atoms with Crippen molar-refractivity contribution in [3.63, 3.8) is 0 Å². The van der Waals surface area contributed by atoms with Crippen molar-refractivity contribution in [2.75, 3.05) is 0 Å². The lowest BCUT2D eigenvalue weighted by Crippen LogP contribution is -1.89. The number of thiazole rings is 1. The van der Waals surface area contributed by atoms with Gasteiger partial charge in [-0.25, -0.2) is 4.98 Å². The number of rotatable bonds is 3.